The van der Waals surface area contributed by atoms with Crippen molar-refractivity contribution in [1.29, 1.82) is 0 Å². The molecule has 1 saturated heterocycles. The second-order valence-corrected chi connectivity index (χ2v) is 6.31. The number of carbonyl (C=O) groups excluding carboxylic acids is 2. The van der Waals surface area contributed by atoms with Crippen LogP contribution in [0.5, 0.6) is 0 Å². The van der Waals surface area contributed by atoms with E-state index < -0.39 is 29.4 Å². The van der Waals surface area contributed by atoms with Gasteiger partial charge < -0.3 is 10.2 Å². The van der Waals surface area contributed by atoms with Crippen LogP contribution in [-0.2, 0) is 16.1 Å². The molecule has 1 atom stereocenters. The van der Waals surface area contributed by atoms with Gasteiger partial charge in [0.15, 0.2) is 0 Å². The maximum atomic E-state index is 12.9. The lowest BCUT2D eigenvalue weighted by molar-refractivity contribution is -0.192. The van der Waals surface area contributed by atoms with E-state index >= 15 is 0 Å². The van der Waals surface area contributed by atoms with Crippen molar-refractivity contribution in [1.82, 2.24) is 10.2 Å². The molecule has 4 nitrogen and oxygen atoms in total. The van der Waals surface area contributed by atoms with Crippen LogP contribution in [0.3, 0.4) is 0 Å². The monoisotopic (exact) mass is 342 g/mol. The lowest BCUT2D eigenvalue weighted by Gasteiger charge is -2.40. The number of amides is 2. The Morgan fingerprint density at radius 1 is 1.25 bits per heavy atom. The van der Waals surface area contributed by atoms with E-state index in [1.165, 1.54) is 0 Å². The minimum absolute atomic E-state index is 0.0602. The Morgan fingerprint density at radius 2 is 1.88 bits per heavy atom. The standard InChI is InChI=1S/C17H21F3N2O2/c1-12(2)16(9-6-10-22(16)15(24)17(18,19)20)14(23)21-11-13-7-4-3-5-8-13/h3-5,7-8,12H,6,9-11H2,1-2H3,(H,21,23). The molecule has 7 heteroatoms. The van der Waals surface area contributed by atoms with Gasteiger partial charge >= 0.3 is 12.1 Å². The largest absolute Gasteiger partial charge is 0.471 e. The van der Waals surface area contributed by atoms with Crippen LogP contribution in [0.4, 0.5) is 13.2 Å². The summed E-state index contributed by atoms with van der Waals surface area (Å²) in [4.78, 5) is 25.2. The molecule has 0 aliphatic carbocycles. The lowest BCUT2D eigenvalue weighted by atomic mass is 9.82. The van der Waals surface area contributed by atoms with E-state index in [2.05, 4.69) is 5.32 Å². The maximum absolute atomic E-state index is 12.9. The number of likely N-dealkylation sites (tertiary alicyclic amines) is 1. The Morgan fingerprint density at radius 3 is 2.42 bits per heavy atom. The molecule has 24 heavy (non-hydrogen) atoms. The lowest BCUT2D eigenvalue weighted by Crippen LogP contribution is -2.62. The number of rotatable bonds is 4. The second-order valence-electron chi connectivity index (χ2n) is 6.31. The molecule has 1 fully saturated rings. The molecule has 1 heterocycles. The highest BCUT2D eigenvalue weighted by molar-refractivity contribution is 5.94. The van der Waals surface area contributed by atoms with E-state index in [9.17, 15) is 22.8 Å². The molecular weight excluding hydrogens is 321 g/mol. The van der Waals surface area contributed by atoms with Gasteiger partial charge in [-0.15, -0.1) is 0 Å². The fourth-order valence-corrected chi connectivity index (χ4v) is 3.31. The van der Waals surface area contributed by atoms with Gasteiger partial charge in [0.25, 0.3) is 0 Å². The number of nitrogens with one attached hydrogen (secondary N) is 1. The second kappa shape index (κ2) is 6.83. The Kier molecular flexibility index (Phi) is 5.20. The van der Waals surface area contributed by atoms with Crippen LogP contribution in [0.1, 0.15) is 32.3 Å². The first-order valence-electron chi connectivity index (χ1n) is 7.90. The third-order valence-corrected chi connectivity index (χ3v) is 4.55. The summed E-state index contributed by atoms with van der Waals surface area (Å²) in [5.41, 5.74) is -0.613. The zero-order valence-electron chi connectivity index (χ0n) is 13.7. The van der Waals surface area contributed by atoms with Crippen molar-refractivity contribution >= 4 is 11.8 Å². The first kappa shape index (κ1) is 18.3. The smallest absolute Gasteiger partial charge is 0.350 e. The van der Waals surface area contributed by atoms with Crippen LogP contribution in [0.15, 0.2) is 30.3 Å². The van der Waals surface area contributed by atoms with Crippen molar-refractivity contribution < 1.29 is 22.8 Å². The summed E-state index contributed by atoms with van der Waals surface area (Å²) in [5.74, 6) is -2.90. The fourth-order valence-electron chi connectivity index (χ4n) is 3.31. The molecule has 0 radical (unpaired) electrons. The topological polar surface area (TPSA) is 49.4 Å². The van der Waals surface area contributed by atoms with E-state index in [0.29, 0.717) is 11.3 Å². The zero-order chi connectivity index (χ0) is 18.0. The highest BCUT2D eigenvalue weighted by Crippen LogP contribution is 2.39. The van der Waals surface area contributed by atoms with Crippen LogP contribution in [0.25, 0.3) is 0 Å². The number of carbonyl (C=O) groups is 2. The van der Waals surface area contributed by atoms with Gasteiger partial charge in [0.1, 0.15) is 5.54 Å². The van der Waals surface area contributed by atoms with E-state index in [-0.39, 0.29) is 19.5 Å². The number of halogens is 3. The van der Waals surface area contributed by atoms with E-state index in [0.717, 1.165) is 5.56 Å². The molecule has 2 rings (SSSR count). The maximum Gasteiger partial charge on any atom is 0.471 e. The number of benzene rings is 1. The predicted molar refractivity (Wildman–Crippen MR) is 82.9 cm³/mol. The zero-order valence-corrected chi connectivity index (χ0v) is 13.7. The minimum Gasteiger partial charge on any atom is -0.350 e. The van der Waals surface area contributed by atoms with Crippen LogP contribution < -0.4 is 5.32 Å². The molecule has 1 unspecified atom stereocenters. The normalized spacial score (nSPS) is 21.2. The van der Waals surface area contributed by atoms with Crippen LogP contribution in [0.2, 0.25) is 0 Å². The number of hydrogen-bond donors (Lipinski definition) is 1. The van der Waals surface area contributed by atoms with E-state index in [4.69, 9.17) is 0 Å². The van der Waals surface area contributed by atoms with Crippen molar-refractivity contribution in [2.24, 2.45) is 5.92 Å². The molecule has 0 aromatic heterocycles. The molecule has 2 amide bonds. The SMILES string of the molecule is CC(C)C1(C(=O)NCc2ccccc2)CCCN1C(=O)C(F)(F)F. The Hall–Kier alpha value is -2.05. The summed E-state index contributed by atoms with van der Waals surface area (Å²) in [6, 6.07) is 9.09. The minimum atomic E-state index is -4.98. The third kappa shape index (κ3) is 3.39. The average Bonchev–Trinajstić information content (AvgIpc) is 2.97. The molecule has 0 bridgehead atoms. The third-order valence-electron chi connectivity index (χ3n) is 4.55. The van der Waals surface area contributed by atoms with Gasteiger partial charge in [0.05, 0.1) is 0 Å². The fraction of sp³-hybridized carbons (Fsp3) is 0.529. The summed E-state index contributed by atoms with van der Waals surface area (Å²) >= 11 is 0. The van der Waals surface area contributed by atoms with Gasteiger partial charge in [-0.1, -0.05) is 44.2 Å². The van der Waals surface area contributed by atoms with Gasteiger partial charge in [0, 0.05) is 13.1 Å². The molecule has 132 valence electrons. The average molecular weight is 342 g/mol. The van der Waals surface area contributed by atoms with Crippen molar-refractivity contribution in [3.63, 3.8) is 0 Å². The molecule has 1 N–H and O–H groups in total. The van der Waals surface area contributed by atoms with E-state index in [1.54, 1.807) is 13.8 Å². The van der Waals surface area contributed by atoms with E-state index in [1.807, 2.05) is 30.3 Å². The summed E-state index contributed by atoms with van der Waals surface area (Å²) in [5, 5.41) is 2.70. The summed E-state index contributed by atoms with van der Waals surface area (Å²) in [7, 11) is 0. The van der Waals surface area contributed by atoms with Crippen LogP contribution in [-0.4, -0.2) is 35.0 Å². The Labute approximate surface area is 139 Å². The quantitative estimate of drug-likeness (QED) is 0.915. The molecule has 0 spiro atoms. The van der Waals surface area contributed by atoms with Gasteiger partial charge in [-0.25, -0.2) is 0 Å². The van der Waals surface area contributed by atoms with Crippen molar-refractivity contribution in [2.75, 3.05) is 6.54 Å². The van der Waals surface area contributed by atoms with Crippen molar-refractivity contribution in [3.8, 4) is 0 Å². The highest BCUT2D eigenvalue weighted by Gasteiger charge is 2.57. The molecule has 1 aliphatic heterocycles. The first-order valence-corrected chi connectivity index (χ1v) is 7.90. The highest BCUT2D eigenvalue weighted by atomic mass is 19.4. The summed E-state index contributed by atoms with van der Waals surface area (Å²) in [6.07, 6.45) is -4.38. The molecule has 0 saturated carbocycles. The van der Waals surface area contributed by atoms with Gasteiger partial charge in [-0.3, -0.25) is 9.59 Å². The molecule has 1 aliphatic rings. The summed E-state index contributed by atoms with van der Waals surface area (Å²) in [6.45, 7) is 3.49. The molecule has 1 aromatic rings. The van der Waals surface area contributed by atoms with Gasteiger partial charge in [-0.2, -0.15) is 13.2 Å². The van der Waals surface area contributed by atoms with Crippen LogP contribution >= 0.6 is 0 Å². The number of alkyl halides is 3. The Balaban J connectivity index is 2.23. The van der Waals surface area contributed by atoms with Crippen LogP contribution in [0, 0.1) is 5.92 Å². The van der Waals surface area contributed by atoms with Gasteiger partial charge in [0.2, 0.25) is 5.91 Å². The van der Waals surface area contributed by atoms with Gasteiger partial charge in [-0.05, 0) is 24.3 Å². The van der Waals surface area contributed by atoms with Crippen molar-refractivity contribution in [3.05, 3.63) is 35.9 Å². The molecular formula is C17H21F3N2O2. The number of hydrogen-bond acceptors (Lipinski definition) is 2. The van der Waals surface area contributed by atoms with Crippen molar-refractivity contribution in [2.45, 2.75) is 44.9 Å². The Bertz CT molecular complexity index is 602. The summed E-state index contributed by atoms with van der Waals surface area (Å²) < 4.78 is 38.7. The first-order chi connectivity index (χ1) is 11.2. The molecule has 1 aromatic carbocycles. The number of nitrogens with zero attached hydrogens (tertiary/aromatic N) is 1. The predicted octanol–water partition coefficient (Wildman–Crippen LogP) is 2.88.